The van der Waals surface area contributed by atoms with Gasteiger partial charge in [-0.2, -0.15) is 0 Å². The van der Waals surface area contributed by atoms with Crippen LogP contribution in [0.2, 0.25) is 0 Å². The van der Waals surface area contributed by atoms with Gasteiger partial charge in [-0.15, -0.1) is 0 Å². The second-order valence-corrected chi connectivity index (χ2v) is 9.92. The lowest BCUT2D eigenvalue weighted by molar-refractivity contribution is -0.134. The van der Waals surface area contributed by atoms with E-state index in [1.807, 2.05) is 17.0 Å². The number of benzene rings is 2. The minimum Gasteiger partial charge on any atom is -0.340 e. The SMILES string of the molecule is O=C(CCCN1C(=O)NC2(CCCC2)C1=O)N1CCN(C(c2ccccc2)c2ccccc2)CC1. The van der Waals surface area contributed by atoms with Crippen molar-refractivity contribution < 1.29 is 14.4 Å². The molecule has 1 aliphatic carbocycles. The minimum atomic E-state index is -0.675. The first-order valence-corrected chi connectivity index (χ1v) is 12.8. The fraction of sp³-hybridized carbons (Fsp3) is 0.464. The molecule has 35 heavy (non-hydrogen) atoms. The van der Waals surface area contributed by atoms with Crippen LogP contribution in [-0.2, 0) is 9.59 Å². The van der Waals surface area contributed by atoms with E-state index in [-0.39, 0.29) is 23.9 Å². The molecular weight excluding hydrogens is 440 g/mol. The Morgan fingerprint density at radius 3 is 2.00 bits per heavy atom. The van der Waals surface area contributed by atoms with Gasteiger partial charge in [0.05, 0.1) is 6.04 Å². The number of urea groups is 1. The van der Waals surface area contributed by atoms with Crippen molar-refractivity contribution in [2.45, 2.75) is 50.1 Å². The smallest absolute Gasteiger partial charge is 0.325 e. The van der Waals surface area contributed by atoms with Gasteiger partial charge in [-0.25, -0.2) is 4.79 Å². The number of imide groups is 1. The molecule has 0 radical (unpaired) electrons. The monoisotopic (exact) mass is 474 g/mol. The zero-order valence-electron chi connectivity index (χ0n) is 20.2. The van der Waals surface area contributed by atoms with Crippen LogP contribution < -0.4 is 5.32 Å². The lowest BCUT2D eigenvalue weighted by atomic mass is 9.96. The van der Waals surface area contributed by atoms with Gasteiger partial charge in [0.15, 0.2) is 0 Å². The van der Waals surface area contributed by atoms with E-state index in [9.17, 15) is 14.4 Å². The summed E-state index contributed by atoms with van der Waals surface area (Å²) in [5, 5.41) is 2.91. The number of piperazine rings is 1. The van der Waals surface area contributed by atoms with E-state index in [2.05, 4.69) is 58.7 Å². The van der Waals surface area contributed by atoms with Gasteiger partial charge in [0.2, 0.25) is 5.91 Å². The lowest BCUT2D eigenvalue weighted by Gasteiger charge is -2.40. The minimum absolute atomic E-state index is 0.100. The Bertz CT molecular complexity index is 1000. The molecule has 0 aromatic heterocycles. The molecule has 5 rings (SSSR count). The molecule has 7 nitrogen and oxygen atoms in total. The maximum absolute atomic E-state index is 12.9. The summed E-state index contributed by atoms with van der Waals surface area (Å²) in [7, 11) is 0. The van der Waals surface area contributed by atoms with Crippen molar-refractivity contribution in [3.63, 3.8) is 0 Å². The summed E-state index contributed by atoms with van der Waals surface area (Å²) in [5.74, 6) is -0.00261. The molecule has 2 aromatic carbocycles. The molecule has 1 spiro atoms. The first-order valence-electron chi connectivity index (χ1n) is 12.8. The molecule has 2 saturated heterocycles. The van der Waals surface area contributed by atoms with Gasteiger partial charge in [-0.05, 0) is 30.4 Å². The van der Waals surface area contributed by atoms with Gasteiger partial charge in [0.1, 0.15) is 5.54 Å². The van der Waals surface area contributed by atoms with Gasteiger partial charge >= 0.3 is 6.03 Å². The highest BCUT2D eigenvalue weighted by Crippen LogP contribution is 2.35. The summed E-state index contributed by atoms with van der Waals surface area (Å²) in [4.78, 5) is 43.7. The zero-order valence-corrected chi connectivity index (χ0v) is 20.2. The summed E-state index contributed by atoms with van der Waals surface area (Å²) < 4.78 is 0. The Morgan fingerprint density at radius 1 is 0.857 bits per heavy atom. The quantitative estimate of drug-likeness (QED) is 0.623. The maximum Gasteiger partial charge on any atom is 0.325 e. The van der Waals surface area contributed by atoms with E-state index in [4.69, 9.17) is 0 Å². The third kappa shape index (κ3) is 4.82. The number of nitrogens with zero attached hydrogens (tertiary/aromatic N) is 3. The molecule has 2 aromatic rings. The Labute approximate surface area is 207 Å². The van der Waals surface area contributed by atoms with Crippen LogP contribution in [0.15, 0.2) is 60.7 Å². The molecule has 0 unspecified atom stereocenters. The number of nitrogens with one attached hydrogen (secondary N) is 1. The largest absolute Gasteiger partial charge is 0.340 e. The Balaban J connectivity index is 1.14. The second-order valence-electron chi connectivity index (χ2n) is 9.92. The van der Waals surface area contributed by atoms with Crippen molar-refractivity contribution in [1.29, 1.82) is 0 Å². The molecule has 0 atom stereocenters. The molecule has 1 N–H and O–H groups in total. The normalized spacial score (nSPS) is 20.1. The van der Waals surface area contributed by atoms with Crippen molar-refractivity contribution in [2.75, 3.05) is 32.7 Å². The van der Waals surface area contributed by atoms with Gasteiger partial charge < -0.3 is 10.2 Å². The molecule has 184 valence electrons. The fourth-order valence-electron chi connectivity index (χ4n) is 5.86. The fourth-order valence-corrected chi connectivity index (χ4v) is 5.86. The average molecular weight is 475 g/mol. The molecule has 2 heterocycles. The lowest BCUT2D eigenvalue weighted by Crippen LogP contribution is -2.50. The van der Waals surface area contributed by atoms with Crippen molar-refractivity contribution in [3.8, 4) is 0 Å². The first-order chi connectivity index (χ1) is 17.1. The van der Waals surface area contributed by atoms with Crippen LogP contribution >= 0.6 is 0 Å². The Morgan fingerprint density at radius 2 is 1.43 bits per heavy atom. The molecule has 0 bridgehead atoms. The molecule has 7 heteroatoms. The molecule has 1 saturated carbocycles. The van der Waals surface area contributed by atoms with Crippen molar-refractivity contribution in [3.05, 3.63) is 71.8 Å². The highest BCUT2D eigenvalue weighted by atomic mass is 16.2. The summed E-state index contributed by atoms with van der Waals surface area (Å²) >= 11 is 0. The number of rotatable bonds is 7. The van der Waals surface area contributed by atoms with E-state index < -0.39 is 5.54 Å². The highest BCUT2D eigenvalue weighted by Gasteiger charge is 2.52. The third-order valence-electron chi connectivity index (χ3n) is 7.74. The van der Waals surface area contributed by atoms with Crippen molar-refractivity contribution in [2.24, 2.45) is 0 Å². The van der Waals surface area contributed by atoms with E-state index in [0.717, 1.165) is 38.8 Å². The predicted octanol–water partition coefficient (Wildman–Crippen LogP) is 3.57. The third-order valence-corrected chi connectivity index (χ3v) is 7.74. The number of hydrogen-bond acceptors (Lipinski definition) is 4. The van der Waals surface area contributed by atoms with Crippen LogP contribution in [0.4, 0.5) is 4.79 Å². The van der Waals surface area contributed by atoms with Crippen LogP contribution in [0.5, 0.6) is 0 Å². The summed E-state index contributed by atoms with van der Waals surface area (Å²) in [6, 6.07) is 20.9. The van der Waals surface area contributed by atoms with Gasteiger partial charge in [0, 0.05) is 39.1 Å². The van der Waals surface area contributed by atoms with Crippen molar-refractivity contribution >= 4 is 17.8 Å². The van der Waals surface area contributed by atoms with E-state index in [1.165, 1.54) is 16.0 Å². The average Bonchev–Trinajstić information content (AvgIpc) is 3.46. The second kappa shape index (κ2) is 10.2. The number of hydrogen-bond donors (Lipinski definition) is 1. The van der Waals surface area contributed by atoms with Gasteiger partial charge in [-0.3, -0.25) is 19.4 Å². The predicted molar refractivity (Wildman–Crippen MR) is 134 cm³/mol. The highest BCUT2D eigenvalue weighted by molar-refractivity contribution is 6.07. The molecule has 3 fully saturated rings. The van der Waals surface area contributed by atoms with Crippen LogP contribution in [0, 0.1) is 0 Å². The summed E-state index contributed by atoms with van der Waals surface area (Å²) in [6.07, 6.45) is 4.25. The van der Waals surface area contributed by atoms with Crippen LogP contribution in [0.1, 0.15) is 55.7 Å². The number of amides is 4. The van der Waals surface area contributed by atoms with Gasteiger partial charge in [-0.1, -0.05) is 73.5 Å². The zero-order chi connectivity index (χ0) is 24.3. The molecule has 3 aliphatic rings. The number of carbonyl (C=O) groups excluding carboxylic acids is 3. The maximum atomic E-state index is 12.9. The van der Waals surface area contributed by atoms with E-state index in [1.54, 1.807) is 0 Å². The van der Waals surface area contributed by atoms with Crippen LogP contribution in [0.3, 0.4) is 0 Å². The molecule has 2 aliphatic heterocycles. The van der Waals surface area contributed by atoms with E-state index >= 15 is 0 Å². The Kier molecular flexibility index (Phi) is 6.86. The molecule has 4 amide bonds. The first kappa shape index (κ1) is 23.5. The Hall–Kier alpha value is -3.19. The van der Waals surface area contributed by atoms with Crippen molar-refractivity contribution in [1.82, 2.24) is 20.0 Å². The number of carbonyl (C=O) groups is 3. The van der Waals surface area contributed by atoms with Crippen LogP contribution in [-0.4, -0.2) is 70.8 Å². The summed E-state index contributed by atoms with van der Waals surface area (Å²) in [5.41, 5.74) is 1.84. The van der Waals surface area contributed by atoms with Gasteiger partial charge in [0.25, 0.3) is 5.91 Å². The van der Waals surface area contributed by atoms with Crippen LogP contribution in [0.25, 0.3) is 0 Å². The van der Waals surface area contributed by atoms with E-state index in [0.29, 0.717) is 32.5 Å². The molecular formula is C28H34N4O3. The summed E-state index contributed by atoms with van der Waals surface area (Å²) in [6.45, 7) is 3.27. The topological polar surface area (TPSA) is 73.0 Å². The standard InChI is InChI=1S/C28H34N4O3/c33-24(14-9-17-32-26(34)28(29-27(32)35)15-7-8-16-28)30-18-20-31(21-19-30)25(22-10-3-1-4-11-22)23-12-5-2-6-13-23/h1-6,10-13,25H,7-9,14-21H2,(H,29,35).